The summed E-state index contributed by atoms with van der Waals surface area (Å²) < 4.78 is 31.1. The molecule has 3 aromatic carbocycles. The molecular formula is C28H31N3O5. The van der Waals surface area contributed by atoms with Gasteiger partial charge >= 0.3 is 0 Å². The van der Waals surface area contributed by atoms with Gasteiger partial charge in [0.2, 0.25) is 0 Å². The minimum atomic E-state index is -0.732. The number of nitrogens with zero attached hydrogens (tertiary/aromatic N) is 3. The molecular weight excluding hydrogens is 458 g/mol. The fraction of sp³-hybridized carbons (Fsp3) is 0.357. The van der Waals surface area contributed by atoms with Gasteiger partial charge in [-0.05, 0) is 22.2 Å². The van der Waals surface area contributed by atoms with Crippen LogP contribution in [0.25, 0.3) is 10.4 Å². The van der Waals surface area contributed by atoms with E-state index in [0.717, 1.165) is 16.7 Å². The topological polar surface area (TPSA) is 94.9 Å². The second-order valence-electron chi connectivity index (χ2n) is 8.48. The molecule has 36 heavy (non-hydrogen) atoms. The molecule has 0 unspecified atom stereocenters. The molecule has 0 bridgehead atoms. The van der Waals surface area contributed by atoms with E-state index in [1.165, 1.54) is 0 Å². The quantitative estimate of drug-likeness (QED) is 0.192. The maximum absolute atomic E-state index is 8.97. The zero-order valence-corrected chi connectivity index (χ0v) is 20.3. The van der Waals surface area contributed by atoms with Gasteiger partial charge in [-0.1, -0.05) is 96.1 Å². The summed E-state index contributed by atoms with van der Waals surface area (Å²) in [5, 5.41) is 3.76. The van der Waals surface area contributed by atoms with Gasteiger partial charge in [-0.15, -0.1) is 0 Å². The standard InChI is InChI=1S/C28H31N3O5/c1-32-28-27(35-20-23-15-9-4-10-16-23)26(34-19-22-13-7-3-8-14-22)25(24(36-28)17-30-31-29)33-18-21-11-5-2-6-12-21/h2-16,24-28H,17-20H2,1H3/t24-,25-,26+,27+,28+/m1/s1. The van der Waals surface area contributed by atoms with E-state index in [9.17, 15) is 0 Å². The Hall–Kier alpha value is -3.23. The van der Waals surface area contributed by atoms with E-state index in [4.69, 9.17) is 29.2 Å². The summed E-state index contributed by atoms with van der Waals surface area (Å²) in [6, 6.07) is 29.7. The zero-order chi connectivity index (χ0) is 25.0. The maximum Gasteiger partial charge on any atom is 0.186 e. The van der Waals surface area contributed by atoms with Gasteiger partial charge < -0.3 is 23.7 Å². The predicted molar refractivity (Wildman–Crippen MR) is 135 cm³/mol. The fourth-order valence-electron chi connectivity index (χ4n) is 4.20. The van der Waals surface area contributed by atoms with Crippen molar-refractivity contribution in [3.63, 3.8) is 0 Å². The van der Waals surface area contributed by atoms with Crippen LogP contribution in [-0.4, -0.2) is 44.4 Å². The number of ether oxygens (including phenoxy) is 5. The molecule has 1 saturated heterocycles. The Kier molecular flexibility index (Phi) is 9.87. The first kappa shape index (κ1) is 25.9. The number of methoxy groups -OCH3 is 1. The molecule has 1 fully saturated rings. The Morgan fingerprint density at radius 2 is 1.14 bits per heavy atom. The highest BCUT2D eigenvalue weighted by atomic mass is 16.7. The van der Waals surface area contributed by atoms with E-state index in [0.29, 0.717) is 19.8 Å². The van der Waals surface area contributed by atoms with E-state index < -0.39 is 30.7 Å². The van der Waals surface area contributed by atoms with Crippen molar-refractivity contribution in [2.24, 2.45) is 5.11 Å². The summed E-state index contributed by atoms with van der Waals surface area (Å²) in [4.78, 5) is 2.92. The van der Waals surface area contributed by atoms with Gasteiger partial charge in [-0.25, -0.2) is 0 Å². The number of rotatable bonds is 12. The third kappa shape index (κ3) is 7.15. The van der Waals surface area contributed by atoms with Gasteiger partial charge in [0.25, 0.3) is 0 Å². The second-order valence-corrected chi connectivity index (χ2v) is 8.48. The average molecular weight is 490 g/mol. The second kappa shape index (κ2) is 13.8. The smallest absolute Gasteiger partial charge is 0.186 e. The van der Waals surface area contributed by atoms with Gasteiger partial charge in [0.05, 0.1) is 32.5 Å². The summed E-state index contributed by atoms with van der Waals surface area (Å²) in [5.41, 5.74) is 12.0. The number of hydrogen-bond acceptors (Lipinski definition) is 6. The summed E-state index contributed by atoms with van der Waals surface area (Å²) in [5.74, 6) is 0. The molecule has 0 radical (unpaired) electrons. The van der Waals surface area contributed by atoms with Crippen LogP contribution in [0.5, 0.6) is 0 Å². The molecule has 0 saturated carbocycles. The molecule has 0 amide bonds. The van der Waals surface area contributed by atoms with Crippen molar-refractivity contribution in [1.82, 2.24) is 0 Å². The summed E-state index contributed by atoms with van der Waals surface area (Å²) in [6.45, 7) is 1.13. The predicted octanol–water partition coefficient (Wildman–Crippen LogP) is 5.42. The van der Waals surface area contributed by atoms with Crippen molar-refractivity contribution in [3.8, 4) is 0 Å². The molecule has 1 aliphatic heterocycles. The van der Waals surface area contributed by atoms with E-state index in [-0.39, 0.29) is 6.54 Å². The monoisotopic (exact) mass is 489 g/mol. The lowest BCUT2D eigenvalue weighted by atomic mass is 9.97. The van der Waals surface area contributed by atoms with Gasteiger partial charge in [0, 0.05) is 12.0 Å². The third-order valence-electron chi connectivity index (χ3n) is 6.00. The van der Waals surface area contributed by atoms with Crippen molar-refractivity contribution in [2.45, 2.75) is 50.5 Å². The van der Waals surface area contributed by atoms with E-state index in [2.05, 4.69) is 10.0 Å². The highest BCUT2D eigenvalue weighted by molar-refractivity contribution is 5.15. The van der Waals surface area contributed by atoms with Crippen LogP contribution >= 0.6 is 0 Å². The number of hydrogen-bond donors (Lipinski definition) is 0. The van der Waals surface area contributed by atoms with E-state index in [1.807, 2.05) is 91.0 Å². The van der Waals surface area contributed by atoms with Gasteiger partial charge in [-0.2, -0.15) is 0 Å². The van der Waals surface area contributed by atoms with Crippen LogP contribution in [0.2, 0.25) is 0 Å². The SMILES string of the molecule is CO[C@H]1O[C@H](CN=[N+]=[N-])[C@@H](OCc2ccccc2)[C@H](OCc2ccccc2)[C@@H]1OCc1ccccc1. The summed E-state index contributed by atoms with van der Waals surface area (Å²) in [6.07, 6.45) is -3.00. The molecule has 5 atom stereocenters. The molecule has 1 heterocycles. The Morgan fingerprint density at radius 3 is 1.58 bits per heavy atom. The maximum atomic E-state index is 8.97. The van der Waals surface area contributed by atoms with Gasteiger partial charge in [0.15, 0.2) is 6.29 Å². The first-order valence-corrected chi connectivity index (χ1v) is 11.9. The Bertz CT molecular complexity index is 1080. The Morgan fingerprint density at radius 1 is 0.694 bits per heavy atom. The zero-order valence-electron chi connectivity index (χ0n) is 20.3. The van der Waals surface area contributed by atoms with Crippen LogP contribution in [0.1, 0.15) is 16.7 Å². The number of benzene rings is 3. The van der Waals surface area contributed by atoms with E-state index in [1.54, 1.807) is 7.11 Å². The largest absolute Gasteiger partial charge is 0.368 e. The van der Waals surface area contributed by atoms with Crippen LogP contribution < -0.4 is 0 Å². The average Bonchev–Trinajstić information content (AvgIpc) is 2.94. The molecule has 0 aliphatic carbocycles. The number of azide groups is 1. The Balaban J connectivity index is 1.60. The van der Waals surface area contributed by atoms with Crippen LogP contribution in [0.3, 0.4) is 0 Å². The Labute approximate surface area is 211 Å². The minimum absolute atomic E-state index is 0.0758. The van der Waals surface area contributed by atoms with Gasteiger partial charge in [-0.3, -0.25) is 0 Å². The molecule has 8 nitrogen and oxygen atoms in total. The van der Waals surface area contributed by atoms with E-state index >= 15 is 0 Å². The molecule has 4 rings (SSSR count). The van der Waals surface area contributed by atoms with Crippen LogP contribution in [0.4, 0.5) is 0 Å². The molecule has 8 heteroatoms. The molecule has 0 aromatic heterocycles. The van der Waals surface area contributed by atoms with Crippen molar-refractivity contribution in [1.29, 1.82) is 0 Å². The third-order valence-corrected chi connectivity index (χ3v) is 6.00. The van der Waals surface area contributed by atoms with Crippen LogP contribution in [0.15, 0.2) is 96.1 Å². The van der Waals surface area contributed by atoms with Crippen molar-refractivity contribution in [3.05, 3.63) is 118 Å². The first-order valence-electron chi connectivity index (χ1n) is 11.9. The lowest BCUT2D eigenvalue weighted by Crippen LogP contribution is -2.61. The van der Waals surface area contributed by atoms with Crippen molar-refractivity contribution < 1.29 is 23.7 Å². The summed E-state index contributed by atoms with van der Waals surface area (Å²) in [7, 11) is 1.56. The molecule has 3 aromatic rings. The lowest BCUT2D eigenvalue weighted by Gasteiger charge is -2.45. The lowest BCUT2D eigenvalue weighted by molar-refractivity contribution is -0.315. The van der Waals surface area contributed by atoms with Crippen LogP contribution in [-0.2, 0) is 43.5 Å². The minimum Gasteiger partial charge on any atom is -0.368 e. The van der Waals surface area contributed by atoms with Crippen molar-refractivity contribution >= 4 is 0 Å². The molecule has 0 N–H and O–H groups in total. The molecule has 188 valence electrons. The fourth-order valence-corrected chi connectivity index (χ4v) is 4.20. The highest BCUT2D eigenvalue weighted by Crippen LogP contribution is 2.31. The first-order chi connectivity index (χ1) is 17.8. The van der Waals surface area contributed by atoms with Crippen molar-refractivity contribution in [2.75, 3.05) is 13.7 Å². The normalized spacial score (nSPS) is 23.6. The highest BCUT2D eigenvalue weighted by Gasteiger charge is 2.48. The van der Waals surface area contributed by atoms with Gasteiger partial charge in [0.1, 0.15) is 18.3 Å². The molecule has 1 aliphatic rings. The molecule has 0 spiro atoms. The van der Waals surface area contributed by atoms with Crippen LogP contribution in [0, 0.1) is 0 Å². The summed E-state index contributed by atoms with van der Waals surface area (Å²) >= 11 is 0.